The summed E-state index contributed by atoms with van der Waals surface area (Å²) < 4.78 is 0. The highest BCUT2D eigenvalue weighted by Crippen LogP contribution is 2.23. The summed E-state index contributed by atoms with van der Waals surface area (Å²) in [5.74, 6) is 1.85. The second-order valence-electron chi connectivity index (χ2n) is 6.87. The van der Waals surface area contributed by atoms with Gasteiger partial charge in [0.25, 0.3) is 0 Å². The van der Waals surface area contributed by atoms with Crippen LogP contribution in [0.25, 0.3) is 0 Å². The number of likely N-dealkylation sites (tertiary alicyclic amines) is 2. The average molecular weight is 251 g/mol. The maximum absolute atomic E-state index is 3.69. The van der Waals surface area contributed by atoms with Crippen molar-refractivity contribution in [3.63, 3.8) is 0 Å². The summed E-state index contributed by atoms with van der Waals surface area (Å²) in [6.45, 7) is 7.94. The summed E-state index contributed by atoms with van der Waals surface area (Å²) in [4.78, 5) is 5.24. The molecule has 104 valence electrons. The summed E-state index contributed by atoms with van der Waals surface area (Å²) in [6.07, 6.45) is 7.12. The molecule has 18 heavy (non-hydrogen) atoms. The molecular weight excluding hydrogens is 222 g/mol. The van der Waals surface area contributed by atoms with Crippen molar-refractivity contribution in [2.45, 2.75) is 38.1 Å². The van der Waals surface area contributed by atoms with Crippen molar-refractivity contribution < 1.29 is 0 Å². The van der Waals surface area contributed by atoms with E-state index in [1.165, 1.54) is 71.4 Å². The Kier molecular flexibility index (Phi) is 4.22. The lowest BCUT2D eigenvalue weighted by atomic mass is 9.98. The van der Waals surface area contributed by atoms with E-state index in [4.69, 9.17) is 0 Å². The fraction of sp³-hybridized carbons (Fsp3) is 1.00. The number of hydrogen-bond acceptors (Lipinski definition) is 3. The number of piperidine rings is 1. The van der Waals surface area contributed by atoms with E-state index in [0.717, 1.165) is 17.9 Å². The molecule has 0 radical (unpaired) electrons. The lowest BCUT2D eigenvalue weighted by molar-refractivity contribution is 0.164. The van der Waals surface area contributed by atoms with Crippen molar-refractivity contribution in [2.24, 2.45) is 11.8 Å². The Morgan fingerprint density at radius 2 is 1.89 bits per heavy atom. The third kappa shape index (κ3) is 3.69. The van der Waals surface area contributed by atoms with Crippen molar-refractivity contribution in [1.29, 1.82) is 0 Å². The van der Waals surface area contributed by atoms with Gasteiger partial charge in [0.1, 0.15) is 0 Å². The summed E-state index contributed by atoms with van der Waals surface area (Å²) >= 11 is 0. The Balaban J connectivity index is 1.35. The fourth-order valence-corrected chi connectivity index (χ4v) is 3.65. The van der Waals surface area contributed by atoms with Crippen LogP contribution in [0.3, 0.4) is 0 Å². The van der Waals surface area contributed by atoms with Crippen LogP contribution in [-0.2, 0) is 0 Å². The highest BCUT2D eigenvalue weighted by molar-refractivity contribution is 4.85. The average Bonchev–Trinajstić information content (AvgIpc) is 3.08. The molecule has 1 aliphatic carbocycles. The fourth-order valence-electron chi connectivity index (χ4n) is 3.65. The molecule has 0 aromatic rings. The van der Waals surface area contributed by atoms with Gasteiger partial charge in [-0.2, -0.15) is 0 Å². The first kappa shape index (κ1) is 12.9. The molecule has 1 saturated carbocycles. The zero-order valence-electron chi connectivity index (χ0n) is 11.9. The lowest BCUT2D eigenvalue weighted by Crippen LogP contribution is -2.38. The van der Waals surface area contributed by atoms with Gasteiger partial charge in [-0.1, -0.05) is 0 Å². The van der Waals surface area contributed by atoms with E-state index in [-0.39, 0.29) is 0 Å². The van der Waals surface area contributed by atoms with Crippen LogP contribution in [0.1, 0.15) is 32.1 Å². The second-order valence-corrected chi connectivity index (χ2v) is 6.87. The first-order valence-electron chi connectivity index (χ1n) is 7.94. The Hall–Kier alpha value is -0.120. The highest BCUT2D eigenvalue weighted by Gasteiger charge is 2.28. The van der Waals surface area contributed by atoms with Crippen molar-refractivity contribution in [1.82, 2.24) is 15.1 Å². The first-order chi connectivity index (χ1) is 8.79. The van der Waals surface area contributed by atoms with Crippen LogP contribution in [0, 0.1) is 11.8 Å². The standard InChI is InChI=1S/C15H29N3/c1-17-7-2-3-14(10-17)12-18-8-6-13(11-18)9-16-15-4-5-15/h13-16H,2-12H2,1H3. The number of rotatable bonds is 5. The number of nitrogens with zero attached hydrogens (tertiary/aromatic N) is 2. The third-order valence-corrected chi connectivity index (χ3v) is 4.88. The number of nitrogens with one attached hydrogen (secondary N) is 1. The molecule has 0 bridgehead atoms. The number of hydrogen-bond donors (Lipinski definition) is 1. The van der Waals surface area contributed by atoms with E-state index in [0.29, 0.717) is 0 Å². The Bertz CT molecular complexity index is 264. The van der Waals surface area contributed by atoms with Gasteiger partial charge in [-0.05, 0) is 70.6 Å². The molecule has 2 heterocycles. The largest absolute Gasteiger partial charge is 0.314 e. The molecule has 0 amide bonds. The minimum Gasteiger partial charge on any atom is -0.314 e. The third-order valence-electron chi connectivity index (χ3n) is 4.88. The van der Waals surface area contributed by atoms with Crippen LogP contribution >= 0.6 is 0 Å². The van der Waals surface area contributed by atoms with Crippen LogP contribution < -0.4 is 5.32 Å². The van der Waals surface area contributed by atoms with Crippen molar-refractivity contribution in [3.05, 3.63) is 0 Å². The van der Waals surface area contributed by atoms with Gasteiger partial charge in [-0.3, -0.25) is 0 Å². The SMILES string of the molecule is CN1CCCC(CN2CCC(CNC3CC3)C2)C1. The summed E-state index contributed by atoms with van der Waals surface area (Å²) in [5, 5.41) is 3.69. The zero-order chi connectivity index (χ0) is 12.4. The topological polar surface area (TPSA) is 18.5 Å². The first-order valence-corrected chi connectivity index (χ1v) is 7.94. The molecule has 0 spiro atoms. The Morgan fingerprint density at radius 1 is 1.00 bits per heavy atom. The minimum absolute atomic E-state index is 0.881. The molecular formula is C15H29N3. The molecule has 2 unspecified atom stereocenters. The Morgan fingerprint density at radius 3 is 2.67 bits per heavy atom. The van der Waals surface area contributed by atoms with Gasteiger partial charge >= 0.3 is 0 Å². The molecule has 2 aliphatic heterocycles. The van der Waals surface area contributed by atoms with Crippen LogP contribution in [0.5, 0.6) is 0 Å². The summed E-state index contributed by atoms with van der Waals surface area (Å²) in [6, 6.07) is 0.881. The van der Waals surface area contributed by atoms with Gasteiger partial charge in [0.15, 0.2) is 0 Å². The van der Waals surface area contributed by atoms with E-state index in [2.05, 4.69) is 22.2 Å². The molecule has 0 aromatic heterocycles. The maximum Gasteiger partial charge on any atom is 0.00683 e. The molecule has 3 aliphatic rings. The molecule has 3 rings (SSSR count). The van der Waals surface area contributed by atoms with Crippen LogP contribution in [0.15, 0.2) is 0 Å². The second kappa shape index (κ2) is 5.89. The van der Waals surface area contributed by atoms with E-state index >= 15 is 0 Å². The van der Waals surface area contributed by atoms with Crippen LogP contribution in [-0.4, -0.2) is 62.2 Å². The van der Waals surface area contributed by atoms with Gasteiger partial charge in [0.2, 0.25) is 0 Å². The summed E-state index contributed by atoms with van der Waals surface area (Å²) in [7, 11) is 2.28. The molecule has 3 heteroatoms. The van der Waals surface area contributed by atoms with Crippen molar-refractivity contribution in [3.8, 4) is 0 Å². The highest BCUT2D eigenvalue weighted by atomic mass is 15.2. The van der Waals surface area contributed by atoms with Gasteiger partial charge < -0.3 is 15.1 Å². The summed E-state index contributed by atoms with van der Waals surface area (Å²) in [5.41, 5.74) is 0. The molecule has 3 nitrogen and oxygen atoms in total. The zero-order valence-corrected chi connectivity index (χ0v) is 11.9. The molecule has 2 atom stereocenters. The molecule has 0 aromatic carbocycles. The van der Waals surface area contributed by atoms with Crippen LogP contribution in [0.4, 0.5) is 0 Å². The van der Waals surface area contributed by atoms with Crippen LogP contribution in [0.2, 0.25) is 0 Å². The van der Waals surface area contributed by atoms with E-state index < -0.39 is 0 Å². The monoisotopic (exact) mass is 251 g/mol. The van der Waals surface area contributed by atoms with Gasteiger partial charge in [0.05, 0.1) is 0 Å². The molecule has 2 saturated heterocycles. The van der Waals surface area contributed by atoms with Crippen molar-refractivity contribution >= 4 is 0 Å². The van der Waals surface area contributed by atoms with Gasteiger partial charge in [0, 0.05) is 25.7 Å². The predicted molar refractivity (Wildman–Crippen MR) is 75.8 cm³/mol. The normalized spacial score (nSPS) is 35.2. The lowest BCUT2D eigenvalue weighted by Gasteiger charge is -2.32. The Labute approximate surface area is 112 Å². The van der Waals surface area contributed by atoms with Gasteiger partial charge in [-0.15, -0.1) is 0 Å². The van der Waals surface area contributed by atoms with E-state index in [9.17, 15) is 0 Å². The minimum atomic E-state index is 0.881. The van der Waals surface area contributed by atoms with Gasteiger partial charge in [-0.25, -0.2) is 0 Å². The maximum atomic E-state index is 3.69. The molecule has 3 fully saturated rings. The smallest absolute Gasteiger partial charge is 0.00683 e. The predicted octanol–water partition coefficient (Wildman–Crippen LogP) is 1.40. The molecule has 1 N–H and O–H groups in total. The van der Waals surface area contributed by atoms with E-state index in [1.54, 1.807) is 0 Å². The quantitative estimate of drug-likeness (QED) is 0.797. The van der Waals surface area contributed by atoms with E-state index in [1.807, 2.05) is 0 Å². The van der Waals surface area contributed by atoms with Crippen molar-refractivity contribution in [2.75, 3.05) is 46.3 Å².